The monoisotopic (exact) mass is 374 g/mol. The molecule has 0 radical (unpaired) electrons. The summed E-state index contributed by atoms with van der Waals surface area (Å²) in [7, 11) is 1.24. The molecule has 0 heterocycles. The van der Waals surface area contributed by atoms with E-state index in [-0.39, 0.29) is 22.7 Å². The molecule has 0 saturated carbocycles. The first-order chi connectivity index (χ1) is 12.3. The number of nitriles is 1. The smallest absolute Gasteiger partial charge is 0.316 e. The minimum Gasteiger partial charge on any atom is -0.375 e. The van der Waals surface area contributed by atoms with Gasteiger partial charge in [0.2, 0.25) is 0 Å². The minimum absolute atomic E-state index is 0.105. The summed E-state index contributed by atoms with van der Waals surface area (Å²) >= 11 is 5.96. The molecule has 0 aliphatic heterocycles. The highest BCUT2D eigenvalue weighted by Crippen LogP contribution is 2.29. The van der Waals surface area contributed by atoms with E-state index in [2.05, 4.69) is 10.2 Å². The van der Waals surface area contributed by atoms with Gasteiger partial charge in [-0.15, -0.1) is 0 Å². The number of rotatable bonds is 6. The predicted octanol–water partition coefficient (Wildman–Crippen LogP) is 3.42. The number of carbonyl (C=O) groups excluding carboxylic acids is 1. The van der Waals surface area contributed by atoms with Gasteiger partial charge in [-0.25, -0.2) is 4.84 Å². The Morgan fingerprint density at radius 1 is 1.35 bits per heavy atom. The average Bonchev–Trinajstić information content (AvgIpc) is 2.66. The molecule has 0 aliphatic rings. The number of halogens is 1. The maximum Gasteiger partial charge on any atom is 0.316 e. The fourth-order valence-electron chi connectivity index (χ4n) is 2.38. The number of hydrogen-bond acceptors (Lipinski definition) is 5. The molecule has 2 rings (SSSR count). The van der Waals surface area contributed by atoms with E-state index in [0.29, 0.717) is 16.2 Å². The van der Waals surface area contributed by atoms with Gasteiger partial charge in [0, 0.05) is 17.8 Å². The number of hydrogen-bond donors (Lipinski definition) is 2. The first-order valence-corrected chi connectivity index (χ1v) is 8.09. The predicted molar refractivity (Wildman–Crippen MR) is 95.7 cm³/mol. The van der Waals surface area contributed by atoms with Crippen LogP contribution in [0.4, 0.5) is 11.4 Å². The Morgan fingerprint density at radius 2 is 2.00 bits per heavy atom. The molecule has 7 nitrogen and oxygen atoms in total. The molecule has 2 aromatic rings. The lowest BCUT2D eigenvalue weighted by molar-refractivity contribution is -0.736. The molecule has 0 saturated heterocycles. The third kappa shape index (κ3) is 3.82. The Hall–Kier alpha value is -2.95. The number of nitrogens with zero attached hydrogens (tertiary/aromatic N) is 2. The van der Waals surface area contributed by atoms with E-state index in [1.54, 1.807) is 6.92 Å². The van der Waals surface area contributed by atoms with Crippen LogP contribution in [0.15, 0.2) is 42.5 Å². The topological polar surface area (TPSA) is 102 Å². The van der Waals surface area contributed by atoms with E-state index in [9.17, 15) is 14.8 Å². The van der Waals surface area contributed by atoms with Crippen molar-refractivity contribution >= 4 is 28.9 Å². The Bertz CT molecular complexity index is 877. The third-order valence-corrected chi connectivity index (χ3v) is 4.27. The van der Waals surface area contributed by atoms with Crippen molar-refractivity contribution in [3.8, 4) is 6.07 Å². The van der Waals surface area contributed by atoms with E-state index in [1.807, 2.05) is 6.07 Å². The summed E-state index contributed by atoms with van der Waals surface area (Å²) in [5.41, 5.74) is -0.613. The van der Waals surface area contributed by atoms with Gasteiger partial charge in [-0.05, 0) is 42.3 Å². The molecular weight excluding hydrogens is 358 g/mol. The normalized spacial score (nSPS) is 12.6. The summed E-state index contributed by atoms with van der Waals surface area (Å²) in [5, 5.41) is 22.5. The summed E-state index contributed by atoms with van der Waals surface area (Å²) in [6.07, 6.45) is 0.105. The number of anilines is 1. The average molecular weight is 375 g/mol. The third-order valence-electron chi connectivity index (χ3n) is 3.96. The van der Waals surface area contributed by atoms with E-state index in [1.165, 1.54) is 49.6 Å². The zero-order valence-corrected chi connectivity index (χ0v) is 14.9. The molecule has 26 heavy (non-hydrogen) atoms. The summed E-state index contributed by atoms with van der Waals surface area (Å²) < 4.78 is 0. The van der Waals surface area contributed by atoms with Crippen molar-refractivity contribution < 1.29 is 19.7 Å². The Morgan fingerprint density at radius 3 is 2.50 bits per heavy atom. The van der Waals surface area contributed by atoms with Gasteiger partial charge in [-0.1, -0.05) is 18.5 Å². The van der Waals surface area contributed by atoms with Crippen molar-refractivity contribution in [2.45, 2.75) is 18.9 Å². The second-order valence-electron chi connectivity index (χ2n) is 5.46. The SMILES string of the molecule is CCC(O)(C(=O)Nc1ccc(C#N)c(Cl)c1)c1ccc([N+](=O)OC)cc1. The van der Waals surface area contributed by atoms with Crippen molar-refractivity contribution in [3.05, 3.63) is 63.5 Å². The van der Waals surface area contributed by atoms with Gasteiger partial charge in [0.1, 0.15) is 6.07 Å². The van der Waals surface area contributed by atoms with Crippen LogP contribution in [0.2, 0.25) is 5.02 Å². The summed E-state index contributed by atoms with van der Waals surface area (Å²) in [6, 6.07) is 12.2. The number of nitrogens with one attached hydrogen (secondary N) is 1. The highest BCUT2D eigenvalue weighted by atomic mass is 35.5. The standard InChI is InChI=1S/C18H16ClN3O4/c1-3-18(24,13-5-8-15(9-6-13)22(25)26-2)17(23)21-14-7-4-12(11-20)16(19)10-14/h4-10,24H,3H2,1-2H3/p+1. The summed E-state index contributed by atoms with van der Waals surface area (Å²) in [6.45, 7) is 1.66. The highest BCUT2D eigenvalue weighted by molar-refractivity contribution is 6.32. The van der Waals surface area contributed by atoms with Crippen LogP contribution in [0.25, 0.3) is 0 Å². The minimum atomic E-state index is -1.81. The first kappa shape index (κ1) is 19.4. The molecule has 0 spiro atoms. The van der Waals surface area contributed by atoms with Crippen LogP contribution in [0, 0.1) is 16.2 Å². The van der Waals surface area contributed by atoms with Gasteiger partial charge in [-0.2, -0.15) is 5.26 Å². The van der Waals surface area contributed by atoms with Crippen LogP contribution in [-0.4, -0.2) is 23.0 Å². The van der Waals surface area contributed by atoms with Gasteiger partial charge < -0.3 is 10.4 Å². The van der Waals surface area contributed by atoms with Crippen molar-refractivity contribution in [3.63, 3.8) is 0 Å². The molecule has 1 amide bonds. The van der Waals surface area contributed by atoms with E-state index in [0.717, 1.165) is 0 Å². The molecule has 0 aliphatic carbocycles. The summed E-state index contributed by atoms with van der Waals surface area (Å²) in [4.78, 5) is 28.9. The molecule has 0 aromatic heterocycles. The van der Waals surface area contributed by atoms with Crippen molar-refractivity contribution in [2.24, 2.45) is 0 Å². The Balaban J connectivity index is 2.27. The molecular formula is C18H17ClN3O4+. The molecule has 134 valence electrons. The maximum absolute atomic E-state index is 12.6. The second kappa shape index (κ2) is 7.95. The number of benzene rings is 2. The molecule has 2 aromatic carbocycles. The highest BCUT2D eigenvalue weighted by Gasteiger charge is 2.36. The second-order valence-corrected chi connectivity index (χ2v) is 5.87. The van der Waals surface area contributed by atoms with Crippen molar-refractivity contribution in [1.82, 2.24) is 0 Å². The molecule has 2 N–H and O–H groups in total. The zero-order chi connectivity index (χ0) is 19.3. The van der Waals surface area contributed by atoms with Crippen LogP contribution in [-0.2, 0) is 15.2 Å². The van der Waals surface area contributed by atoms with Crippen LogP contribution in [0.3, 0.4) is 0 Å². The lowest BCUT2D eigenvalue weighted by Crippen LogP contribution is -2.39. The van der Waals surface area contributed by atoms with Crippen LogP contribution in [0.5, 0.6) is 0 Å². The van der Waals surface area contributed by atoms with Crippen molar-refractivity contribution in [2.75, 3.05) is 12.4 Å². The fraction of sp³-hybridized carbons (Fsp3) is 0.222. The van der Waals surface area contributed by atoms with Crippen molar-refractivity contribution in [1.29, 1.82) is 5.26 Å². The molecule has 8 heteroatoms. The lowest BCUT2D eigenvalue weighted by atomic mass is 9.90. The van der Waals surface area contributed by atoms with E-state index < -0.39 is 11.5 Å². The number of amides is 1. The largest absolute Gasteiger partial charge is 0.375 e. The molecule has 0 bridgehead atoms. The van der Waals surface area contributed by atoms with E-state index >= 15 is 0 Å². The first-order valence-electron chi connectivity index (χ1n) is 7.71. The summed E-state index contributed by atoms with van der Waals surface area (Å²) in [5.74, 6) is -0.653. The number of aliphatic hydroxyl groups is 1. The lowest BCUT2D eigenvalue weighted by Gasteiger charge is -2.26. The zero-order valence-electron chi connectivity index (χ0n) is 14.2. The fourth-order valence-corrected chi connectivity index (χ4v) is 2.60. The van der Waals surface area contributed by atoms with Crippen LogP contribution >= 0.6 is 11.6 Å². The van der Waals surface area contributed by atoms with Crippen LogP contribution in [0.1, 0.15) is 24.5 Å². The Kier molecular flexibility index (Phi) is 5.93. The van der Waals surface area contributed by atoms with Gasteiger partial charge in [-0.3, -0.25) is 4.79 Å². The van der Waals surface area contributed by atoms with Gasteiger partial charge in [0.05, 0.1) is 15.5 Å². The van der Waals surface area contributed by atoms with Gasteiger partial charge in [0.25, 0.3) is 10.8 Å². The van der Waals surface area contributed by atoms with Gasteiger partial charge >= 0.3 is 5.69 Å². The quantitative estimate of drug-likeness (QED) is 0.754. The molecule has 1 unspecified atom stereocenters. The molecule has 0 fully saturated rings. The maximum atomic E-state index is 12.6. The molecule has 1 atom stereocenters. The number of carbonyl (C=O) groups is 1. The van der Waals surface area contributed by atoms with E-state index in [4.69, 9.17) is 16.9 Å². The van der Waals surface area contributed by atoms with Crippen LogP contribution < -0.4 is 5.32 Å². The Labute approximate surface area is 155 Å². The van der Waals surface area contributed by atoms with Gasteiger partial charge in [0.15, 0.2) is 12.7 Å².